The van der Waals surface area contributed by atoms with Gasteiger partial charge in [0, 0.05) is 5.57 Å². The molecule has 0 amide bonds. The molecule has 0 bridgehead atoms. The number of ether oxygens (including phenoxy) is 3. The van der Waals surface area contributed by atoms with E-state index in [4.69, 9.17) is 14.2 Å². The van der Waals surface area contributed by atoms with Gasteiger partial charge in [-0.25, -0.2) is 9.59 Å². The average Bonchev–Trinajstić information content (AvgIpc) is 3.09. The molecule has 6 heteroatoms. The molecule has 0 aromatic rings. The van der Waals surface area contributed by atoms with Crippen molar-refractivity contribution in [2.75, 3.05) is 0 Å². The molecule has 1 N–H and O–H groups in total. The fraction of sp³-hybridized carbons (Fsp3) is 0.600. The predicted molar refractivity (Wildman–Crippen MR) is 94.1 cm³/mol. The maximum Gasteiger partial charge on any atom is 0.341 e. The summed E-state index contributed by atoms with van der Waals surface area (Å²) >= 11 is 0. The van der Waals surface area contributed by atoms with Gasteiger partial charge in [-0.2, -0.15) is 0 Å². The lowest BCUT2D eigenvalue weighted by molar-refractivity contribution is -0.160. The van der Waals surface area contributed by atoms with Crippen LogP contribution in [-0.2, 0) is 23.8 Å². The fourth-order valence-corrected chi connectivity index (χ4v) is 3.55. The van der Waals surface area contributed by atoms with E-state index in [0.29, 0.717) is 0 Å². The van der Waals surface area contributed by atoms with Gasteiger partial charge in [0.05, 0.1) is 12.0 Å². The van der Waals surface area contributed by atoms with Gasteiger partial charge in [-0.15, -0.1) is 0 Å². The summed E-state index contributed by atoms with van der Waals surface area (Å²) in [4.78, 5) is 24.5. The normalized spacial score (nSPS) is 44.1. The summed E-state index contributed by atoms with van der Waals surface area (Å²) in [6, 6.07) is 0. The van der Waals surface area contributed by atoms with Crippen molar-refractivity contribution in [3.63, 3.8) is 0 Å². The van der Waals surface area contributed by atoms with Crippen molar-refractivity contribution >= 4 is 11.9 Å². The van der Waals surface area contributed by atoms with Crippen molar-refractivity contribution in [2.24, 2.45) is 5.92 Å². The van der Waals surface area contributed by atoms with E-state index in [2.05, 4.69) is 6.58 Å². The first-order valence-corrected chi connectivity index (χ1v) is 8.96. The lowest BCUT2D eigenvalue weighted by Crippen LogP contribution is -2.43. The third-order valence-electron chi connectivity index (χ3n) is 5.62. The highest BCUT2D eigenvalue weighted by Crippen LogP contribution is 2.39. The van der Waals surface area contributed by atoms with Gasteiger partial charge in [-0.1, -0.05) is 18.2 Å². The fourth-order valence-electron chi connectivity index (χ4n) is 3.55. The molecule has 6 nitrogen and oxygen atoms in total. The molecule has 0 radical (unpaired) electrons. The van der Waals surface area contributed by atoms with Crippen LogP contribution < -0.4 is 0 Å². The van der Waals surface area contributed by atoms with E-state index in [-0.39, 0.29) is 11.7 Å². The molecule has 2 aliphatic heterocycles. The van der Waals surface area contributed by atoms with Crippen LogP contribution in [0.5, 0.6) is 0 Å². The monoisotopic (exact) mass is 362 g/mol. The van der Waals surface area contributed by atoms with E-state index >= 15 is 0 Å². The maximum atomic E-state index is 12.5. The van der Waals surface area contributed by atoms with E-state index < -0.39 is 41.8 Å². The van der Waals surface area contributed by atoms with Crippen molar-refractivity contribution < 1.29 is 28.9 Å². The molecule has 2 saturated heterocycles. The highest BCUT2D eigenvalue weighted by Gasteiger charge is 2.58. The Morgan fingerprint density at radius 3 is 2.69 bits per heavy atom. The summed E-state index contributed by atoms with van der Waals surface area (Å²) < 4.78 is 16.4. The molecule has 142 valence electrons. The smallest absolute Gasteiger partial charge is 0.341 e. The van der Waals surface area contributed by atoms with Crippen molar-refractivity contribution in [2.45, 2.75) is 70.6 Å². The lowest BCUT2D eigenvalue weighted by atomic mass is 9.84. The molecule has 2 heterocycles. The number of fused-ring (bicyclic) bond motifs is 1. The van der Waals surface area contributed by atoms with Gasteiger partial charge in [-0.05, 0) is 52.2 Å². The van der Waals surface area contributed by atoms with E-state index in [0.717, 1.165) is 24.0 Å². The molecular weight excluding hydrogens is 336 g/mol. The molecular formula is C20H26O6. The Bertz CT molecular complexity index is 705. The Labute approximate surface area is 153 Å². The quantitative estimate of drug-likeness (QED) is 0.351. The molecule has 0 aromatic heterocycles. The largest absolute Gasteiger partial charge is 0.454 e. The molecule has 0 aromatic carbocycles. The molecule has 1 aliphatic carbocycles. The molecule has 2 unspecified atom stereocenters. The summed E-state index contributed by atoms with van der Waals surface area (Å²) in [5.74, 6) is -1.71. The minimum atomic E-state index is -1.14. The van der Waals surface area contributed by atoms with E-state index in [1.54, 1.807) is 13.8 Å². The van der Waals surface area contributed by atoms with Crippen LogP contribution in [0, 0.1) is 5.92 Å². The van der Waals surface area contributed by atoms with Gasteiger partial charge >= 0.3 is 11.9 Å². The van der Waals surface area contributed by atoms with Crippen LogP contribution in [0.2, 0.25) is 0 Å². The van der Waals surface area contributed by atoms with Crippen LogP contribution in [0.15, 0.2) is 35.5 Å². The number of carbonyl (C=O) groups is 2. The van der Waals surface area contributed by atoms with E-state index in [1.807, 2.05) is 26.0 Å². The highest BCUT2D eigenvalue weighted by atomic mass is 16.7. The average molecular weight is 362 g/mol. The summed E-state index contributed by atoms with van der Waals surface area (Å²) in [6.07, 6.45) is 2.48. The summed E-state index contributed by atoms with van der Waals surface area (Å²) in [5, 5.41) is 11.0. The van der Waals surface area contributed by atoms with Crippen molar-refractivity contribution in [1.82, 2.24) is 0 Å². The number of esters is 2. The molecule has 26 heavy (non-hydrogen) atoms. The Balaban J connectivity index is 1.91. The van der Waals surface area contributed by atoms with Gasteiger partial charge in [0.2, 0.25) is 0 Å². The van der Waals surface area contributed by atoms with Crippen molar-refractivity contribution in [3.8, 4) is 0 Å². The molecule has 6 atom stereocenters. The number of carbonyl (C=O) groups excluding carboxylic acids is 2. The molecule has 0 spiro atoms. The molecule has 3 aliphatic rings. The van der Waals surface area contributed by atoms with Gasteiger partial charge in [0.25, 0.3) is 0 Å². The van der Waals surface area contributed by atoms with Gasteiger partial charge in [0.15, 0.2) is 5.60 Å². The van der Waals surface area contributed by atoms with Crippen LogP contribution in [0.25, 0.3) is 0 Å². The molecule has 2 fully saturated rings. The maximum absolute atomic E-state index is 12.5. The lowest BCUT2D eigenvalue weighted by Gasteiger charge is -2.30. The molecule has 3 rings (SSSR count). The number of rotatable bonds is 2. The third-order valence-corrected chi connectivity index (χ3v) is 5.62. The number of epoxide rings is 1. The zero-order valence-electron chi connectivity index (χ0n) is 15.7. The SMILES string of the molecule is C=C1C(=O)O[C@H]2/C=C(/C)CC/C=C(\C)[C@@H](OC(=O)C3(C)OC3C)[C@H](O)[C@@H]12. The van der Waals surface area contributed by atoms with Gasteiger partial charge in [-0.3, -0.25) is 0 Å². The predicted octanol–water partition coefficient (Wildman–Crippen LogP) is 2.22. The Hall–Kier alpha value is -1.92. The number of allylic oxidation sites excluding steroid dienone is 2. The van der Waals surface area contributed by atoms with Crippen LogP contribution >= 0.6 is 0 Å². The number of aliphatic hydroxyl groups excluding tert-OH is 1. The summed E-state index contributed by atoms with van der Waals surface area (Å²) in [7, 11) is 0. The molecule has 0 saturated carbocycles. The highest BCUT2D eigenvalue weighted by molar-refractivity contribution is 5.91. The number of hydrogen-bond acceptors (Lipinski definition) is 6. The first-order valence-electron chi connectivity index (χ1n) is 8.96. The first kappa shape index (κ1) is 18.9. The van der Waals surface area contributed by atoms with E-state index in [9.17, 15) is 14.7 Å². The minimum absolute atomic E-state index is 0.197. The van der Waals surface area contributed by atoms with Gasteiger partial charge < -0.3 is 19.3 Å². The van der Waals surface area contributed by atoms with E-state index in [1.165, 1.54) is 0 Å². The third kappa shape index (κ3) is 3.23. The summed E-state index contributed by atoms with van der Waals surface area (Å²) in [5.41, 5.74) is 1.03. The standard InChI is InChI=1S/C20H26O6/c1-10-7-6-8-11(2)17(25-19(23)20(5)13(4)26-20)16(21)15-12(3)18(22)24-14(15)9-10/h8-9,13-17,21H,3,6-7H2,1-2,4-5H3/b10-9-,11-8+/t13?,14-,15-,16+,17+,20?/m0/s1. The van der Waals surface area contributed by atoms with Crippen LogP contribution in [-0.4, -0.2) is 47.1 Å². The first-order chi connectivity index (χ1) is 12.1. The Kier molecular flexibility index (Phi) is 4.84. The second-order valence-corrected chi connectivity index (χ2v) is 7.60. The summed E-state index contributed by atoms with van der Waals surface area (Å²) in [6.45, 7) is 11.0. The number of aliphatic hydroxyl groups is 1. The van der Waals surface area contributed by atoms with Gasteiger partial charge in [0.1, 0.15) is 18.3 Å². The zero-order valence-corrected chi connectivity index (χ0v) is 15.7. The Morgan fingerprint density at radius 2 is 2.08 bits per heavy atom. The zero-order chi connectivity index (χ0) is 19.2. The minimum Gasteiger partial charge on any atom is -0.454 e. The van der Waals surface area contributed by atoms with Crippen LogP contribution in [0.4, 0.5) is 0 Å². The second kappa shape index (κ2) is 6.67. The van der Waals surface area contributed by atoms with Crippen molar-refractivity contribution in [3.05, 3.63) is 35.5 Å². The topological polar surface area (TPSA) is 85.4 Å². The van der Waals surface area contributed by atoms with Crippen molar-refractivity contribution in [1.29, 1.82) is 0 Å². The van der Waals surface area contributed by atoms with Crippen LogP contribution in [0.3, 0.4) is 0 Å². The second-order valence-electron chi connectivity index (χ2n) is 7.60. The number of hydrogen-bond donors (Lipinski definition) is 1. The van der Waals surface area contributed by atoms with Crippen LogP contribution in [0.1, 0.15) is 40.5 Å². The Morgan fingerprint density at radius 1 is 1.42 bits per heavy atom.